The summed E-state index contributed by atoms with van der Waals surface area (Å²) < 4.78 is 0. The van der Waals surface area contributed by atoms with E-state index in [0.717, 1.165) is 12.5 Å². The van der Waals surface area contributed by atoms with E-state index in [4.69, 9.17) is 0 Å². The van der Waals surface area contributed by atoms with Crippen LogP contribution in [0.3, 0.4) is 0 Å². The van der Waals surface area contributed by atoms with Gasteiger partial charge in [0, 0.05) is 0 Å². The fourth-order valence-corrected chi connectivity index (χ4v) is 3.23. The van der Waals surface area contributed by atoms with Crippen molar-refractivity contribution in [3.05, 3.63) is 35.9 Å². The van der Waals surface area contributed by atoms with E-state index in [1.54, 1.807) is 0 Å². The summed E-state index contributed by atoms with van der Waals surface area (Å²) in [4.78, 5) is 0. The zero-order valence-corrected chi connectivity index (χ0v) is 16.9. The standard InChI is InChI=1S/C23H42N2/c1-3-4-17-24-18-12-7-5-6-8-13-19-25-20-16-22(2)21-23-14-10-9-11-15-23/h9-11,14-15,22,24-25H,3-8,12-13,16-21H2,1-2H3. The van der Waals surface area contributed by atoms with Crippen LogP contribution in [0.2, 0.25) is 0 Å². The maximum Gasteiger partial charge on any atom is -0.00463 e. The van der Waals surface area contributed by atoms with Crippen LogP contribution in [0.15, 0.2) is 30.3 Å². The van der Waals surface area contributed by atoms with Crippen LogP contribution in [-0.2, 0) is 6.42 Å². The van der Waals surface area contributed by atoms with Gasteiger partial charge in [-0.1, -0.05) is 76.3 Å². The average Bonchev–Trinajstić information content (AvgIpc) is 2.63. The second-order valence-corrected chi connectivity index (χ2v) is 7.56. The maximum atomic E-state index is 3.62. The Morgan fingerprint density at radius 3 is 1.92 bits per heavy atom. The summed E-state index contributed by atoms with van der Waals surface area (Å²) in [6.45, 7) is 9.39. The third-order valence-electron chi connectivity index (χ3n) is 4.91. The fraction of sp³-hybridized carbons (Fsp3) is 0.739. The smallest absolute Gasteiger partial charge is 0.00463 e. The molecule has 1 atom stereocenters. The maximum absolute atomic E-state index is 3.62. The SMILES string of the molecule is CCCCNCCCCCCCCNCCC(C)Cc1ccccc1. The molecule has 0 bridgehead atoms. The molecular formula is C23H42N2. The molecule has 0 saturated heterocycles. The lowest BCUT2D eigenvalue weighted by Gasteiger charge is -2.12. The largest absolute Gasteiger partial charge is 0.317 e. The van der Waals surface area contributed by atoms with E-state index >= 15 is 0 Å². The van der Waals surface area contributed by atoms with E-state index in [-0.39, 0.29) is 0 Å². The van der Waals surface area contributed by atoms with Gasteiger partial charge >= 0.3 is 0 Å². The molecule has 0 saturated carbocycles. The van der Waals surface area contributed by atoms with Crippen LogP contribution >= 0.6 is 0 Å². The van der Waals surface area contributed by atoms with Crippen molar-refractivity contribution in [1.29, 1.82) is 0 Å². The van der Waals surface area contributed by atoms with Crippen molar-refractivity contribution in [2.75, 3.05) is 26.2 Å². The minimum Gasteiger partial charge on any atom is -0.317 e. The molecular weight excluding hydrogens is 304 g/mol. The van der Waals surface area contributed by atoms with Crippen molar-refractivity contribution in [3.8, 4) is 0 Å². The summed E-state index contributed by atoms with van der Waals surface area (Å²) in [5, 5.41) is 7.15. The van der Waals surface area contributed by atoms with Crippen LogP contribution in [0.5, 0.6) is 0 Å². The first-order chi connectivity index (χ1) is 12.3. The van der Waals surface area contributed by atoms with E-state index in [1.807, 2.05) is 0 Å². The van der Waals surface area contributed by atoms with Gasteiger partial charge in [0.15, 0.2) is 0 Å². The van der Waals surface area contributed by atoms with Crippen molar-refractivity contribution in [2.24, 2.45) is 5.92 Å². The molecule has 0 spiro atoms. The first-order valence-electron chi connectivity index (χ1n) is 10.8. The molecule has 1 aromatic rings. The quantitative estimate of drug-likeness (QED) is 0.360. The van der Waals surface area contributed by atoms with Gasteiger partial charge in [0.05, 0.1) is 0 Å². The number of hydrogen-bond donors (Lipinski definition) is 2. The summed E-state index contributed by atoms with van der Waals surface area (Å²) in [6.07, 6.45) is 13.4. The second kappa shape index (κ2) is 16.6. The Kier molecular flexibility index (Phi) is 14.7. The molecule has 0 amide bonds. The van der Waals surface area contributed by atoms with Gasteiger partial charge in [-0.15, -0.1) is 0 Å². The van der Waals surface area contributed by atoms with Crippen molar-refractivity contribution in [3.63, 3.8) is 0 Å². The van der Waals surface area contributed by atoms with Crippen LogP contribution in [0.1, 0.15) is 77.2 Å². The Hall–Kier alpha value is -0.860. The number of nitrogens with one attached hydrogen (secondary N) is 2. The molecule has 0 heterocycles. The number of rotatable bonds is 17. The van der Waals surface area contributed by atoms with Crippen LogP contribution in [-0.4, -0.2) is 26.2 Å². The van der Waals surface area contributed by atoms with Crippen molar-refractivity contribution >= 4 is 0 Å². The highest BCUT2D eigenvalue weighted by atomic mass is 14.8. The highest BCUT2D eigenvalue weighted by Gasteiger charge is 2.02. The molecule has 144 valence electrons. The highest BCUT2D eigenvalue weighted by molar-refractivity contribution is 5.14. The Labute approximate surface area is 157 Å². The van der Waals surface area contributed by atoms with Gasteiger partial charge in [-0.25, -0.2) is 0 Å². The number of unbranched alkanes of at least 4 members (excludes halogenated alkanes) is 6. The number of hydrogen-bond acceptors (Lipinski definition) is 2. The zero-order valence-electron chi connectivity index (χ0n) is 16.9. The molecule has 0 fully saturated rings. The van der Waals surface area contributed by atoms with Gasteiger partial charge in [0.25, 0.3) is 0 Å². The molecule has 25 heavy (non-hydrogen) atoms. The molecule has 0 radical (unpaired) electrons. The lowest BCUT2D eigenvalue weighted by Crippen LogP contribution is -2.19. The minimum atomic E-state index is 0.765. The predicted molar refractivity (Wildman–Crippen MR) is 112 cm³/mol. The fourth-order valence-electron chi connectivity index (χ4n) is 3.23. The summed E-state index contributed by atoms with van der Waals surface area (Å²) in [7, 11) is 0. The summed E-state index contributed by atoms with van der Waals surface area (Å²) in [5.74, 6) is 0.765. The first kappa shape index (κ1) is 22.2. The van der Waals surface area contributed by atoms with Crippen molar-refractivity contribution in [1.82, 2.24) is 10.6 Å². The molecule has 2 N–H and O–H groups in total. The monoisotopic (exact) mass is 346 g/mol. The van der Waals surface area contributed by atoms with Gasteiger partial charge in [0.1, 0.15) is 0 Å². The van der Waals surface area contributed by atoms with E-state index < -0.39 is 0 Å². The topological polar surface area (TPSA) is 24.1 Å². The molecule has 2 nitrogen and oxygen atoms in total. The molecule has 1 rings (SSSR count). The normalized spacial score (nSPS) is 12.4. The molecule has 0 aromatic heterocycles. The molecule has 0 aliphatic heterocycles. The van der Waals surface area contributed by atoms with Gasteiger partial charge in [-0.2, -0.15) is 0 Å². The molecule has 0 aliphatic rings. The molecule has 2 heteroatoms. The highest BCUT2D eigenvalue weighted by Crippen LogP contribution is 2.11. The Balaban J connectivity index is 1.78. The third kappa shape index (κ3) is 14.0. The van der Waals surface area contributed by atoms with Gasteiger partial charge < -0.3 is 10.6 Å². The Morgan fingerprint density at radius 1 is 0.720 bits per heavy atom. The Morgan fingerprint density at radius 2 is 1.28 bits per heavy atom. The molecule has 1 aromatic carbocycles. The number of benzene rings is 1. The Bertz CT molecular complexity index is 377. The summed E-state index contributed by atoms with van der Waals surface area (Å²) in [5.41, 5.74) is 1.47. The minimum absolute atomic E-state index is 0.765. The predicted octanol–water partition coefficient (Wildman–Crippen LogP) is 5.58. The zero-order chi connectivity index (χ0) is 18.0. The average molecular weight is 347 g/mol. The lowest BCUT2D eigenvalue weighted by molar-refractivity contribution is 0.488. The summed E-state index contributed by atoms with van der Waals surface area (Å²) >= 11 is 0. The van der Waals surface area contributed by atoms with E-state index in [9.17, 15) is 0 Å². The van der Waals surface area contributed by atoms with E-state index in [1.165, 1.54) is 89.4 Å². The molecule has 0 aliphatic carbocycles. The van der Waals surface area contributed by atoms with Crippen molar-refractivity contribution < 1.29 is 0 Å². The van der Waals surface area contributed by atoms with Gasteiger partial charge in [-0.3, -0.25) is 0 Å². The second-order valence-electron chi connectivity index (χ2n) is 7.56. The van der Waals surface area contributed by atoms with Crippen LogP contribution in [0, 0.1) is 5.92 Å². The van der Waals surface area contributed by atoms with Crippen LogP contribution in [0.4, 0.5) is 0 Å². The molecule has 1 unspecified atom stereocenters. The summed E-state index contributed by atoms with van der Waals surface area (Å²) in [6, 6.07) is 10.9. The first-order valence-corrected chi connectivity index (χ1v) is 10.8. The van der Waals surface area contributed by atoms with Crippen molar-refractivity contribution in [2.45, 2.75) is 78.1 Å². The third-order valence-corrected chi connectivity index (χ3v) is 4.91. The lowest BCUT2D eigenvalue weighted by atomic mass is 9.98. The van der Waals surface area contributed by atoms with Gasteiger partial charge in [0.2, 0.25) is 0 Å². The van der Waals surface area contributed by atoms with Gasteiger partial charge in [-0.05, 0) is 69.8 Å². The van der Waals surface area contributed by atoms with Crippen LogP contribution < -0.4 is 10.6 Å². The van der Waals surface area contributed by atoms with E-state index in [2.05, 4.69) is 54.8 Å². The van der Waals surface area contributed by atoms with E-state index in [0.29, 0.717) is 0 Å². The van der Waals surface area contributed by atoms with Crippen LogP contribution in [0.25, 0.3) is 0 Å².